The number of carbonyl (C=O) groups excluding carboxylic acids is 2. The molecule has 1 aromatic carbocycles. The van der Waals surface area contributed by atoms with Crippen LogP contribution in [0.15, 0.2) is 70.6 Å². The number of aliphatic carboxylic acids is 1. The van der Waals surface area contributed by atoms with Gasteiger partial charge in [-0.05, 0) is 17.7 Å². The summed E-state index contributed by atoms with van der Waals surface area (Å²) in [6.07, 6.45) is 3.62. The molecule has 0 spiro atoms. The van der Waals surface area contributed by atoms with E-state index in [2.05, 4.69) is 15.5 Å². The average molecular weight is 584 g/mol. The zero-order chi connectivity index (χ0) is 28.4. The number of carboxylic acid groups (broad SMARTS) is 1. The van der Waals surface area contributed by atoms with Gasteiger partial charge in [-0.2, -0.15) is 0 Å². The van der Waals surface area contributed by atoms with Gasteiger partial charge in [-0.25, -0.2) is 14.3 Å². The van der Waals surface area contributed by atoms with E-state index in [1.54, 1.807) is 0 Å². The number of carboxylic acids is 1. The van der Waals surface area contributed by atoms with E-state index in [0.717, 1.165) is 11.3 Å². The van der Waals surface area contributed by atoms with Gasteiger partial charge in [0.05, 0.1) is 0 Å². The topological polar surface area (TPSA) is 192 Å². The fourth-order valence-electron chi connectivity index (χ4n) is 4.21. The summed E-state index contributed by atoms with van der Waals surface area (Å²) in [7, 11) is 0. The molecule has 2 amide bonds. The van der Waals surface area contributed by atoms with Crippen molar-refractivity contribution in [2.75, 3.05) is 11.5 Å². The number of carbonyl (C=O) groups is 3. The van der Waals surface area contributed by atoms with Crippen molar-refractivity contribution in [2.45, 2.75) is 24.6 Å². The number of hydrogen-bond acceptors (Lipinski definition) is 11. The van der Waals surface area contributed by atoms with Gasteiger partial charge in [0.25, 0.3) is 11.8 Å². The predicted octanol–water partition coefficient (Wildman–Crippen LogP) is 0.784. The van der Waals surface area contributed by atoms with Crippen molar-refractivity contribution in [1.29, 1.82) is 0 Å². The van der Waals surface area contributed by atoms with Crippen LogP contribution in [0.25, 0.3) is 0 Å². The maximum atomic E-state index is 13.3. The molecule has 2 aliphatic rings. The predicted molar refractivity (Wildman–Crippen MR) is 144 cm³/mol. The summed E-state index contributed by atoms with van der Waals surface area (Å²) in [5, 5.41) is 36.7. The molecule has 6 N–H and O–H groups in total. The molecule has 40 heavy (non-hydrogen) atoms. The lowest BCUT2D eigenvalue weighted by Gasteiger charge is -2.49. The summed E-state index contributed by atoms with van der Waals surface area (Å²) >= 11 is 2.43. The van der Waals surface area contributed by atoms with Crippen LogP contribution in [0.5, 0.6) is 11.5 Å². The monoisotopic (exact) mass is 583 g/mol. The van der Waals surface area contributed by atoms with Gasteiger partial charge in [0, 0.05) is 28.8 Å². The normalized spacial score (nSPS) is 18.6. The van der Waals surface area contributed by atoms with Gasteiger partial charge in [0.1, 0.15) is 29.4 Å². The van der Waals surface area contributed by atoms with Crippen molar-refractivity contribution < 1.29 is 39.1 Å². The number of β-lactam (4-membered cyclic amide) rings is 1. The first-order valence-corrected chi connectivity index (χ1v) is 13.7. The Morgan fingerprint density at radius 3 is 2.67 bits per heavy atom. The molecule has 5 rings (SSSR count). The van der Waals surface area contributed by atoms with Crippen LogP contribution in [0.1, 0.15) is 11.3 Å². The SMILES string of the molecule is Nc1nc(C(=NOCc2ccc(O)c(O)c2)C(=O)NC2C(=O)N3C(C(=O)O)=C(C[n+]4ccccc4)CS[C@@H]23)cs1. The summed E-state index contributed by atoms with van der Waals surface area (Å²) in [4.78, 5) is 49.1. The van der Waals surface area contributed by atoms with E-state index in [1.807, 2.05) is 35.2 Å². The highest BCUT2D eigenvalue weighted by Crippen LogP contribution is 2.40. The Hall–Kier alpha value is -4.63. The molecule has 2 atom stereocenters. The third-order valence-corrected chi connectivity index (χ3v) is 8.11. The van der Waals surface area contributed by atoms with Crippen LogP contribution < -0.4 is 15.6 Å². The van der Waals surface area contributed by atoms with Gasteiger partial charge in [-0.1, -0.05) is 17.3 Å². The van der Waals surface area contributed by atoms with Gasteiger partial charge in [0.2, 0.25) is 0 Å². The lowest BCUT2D eigenvalue weighted by Crippen LogP contribution is -2.71. The number of nitrogens with zero attached hydrogens (tertiary/aromatic N) is 4. The summed E-state index contributed by atoms with van der Waals surface area (Å²) in [6, 6.07) is 8.58. The highest BCUT2D eigenvalue weighted by atomic mass is 32.2. The largest absolute Gasteiger partial charge is 0.504 e. The van der Waals surface area contributed by atoms with E-state index < -0.39 is 29.2 Å². The molecule has 0 aliphatic carbocycles. The molecule has 15 heteroatoms. The van der Waals surface area contributed by atoms with Gasteiger partial charge in [-0.3, -0.25) is 14.5 Å². The summed E-state index contributed by atoms with van der Waals surface area (Å²) in [5.74, 6) is -2.81. The molecule has 4 heterocycles. The average Bonchev–Trinajstić information content (AvgIpc) is 3.37. The third-order valence-electron chi connectivity index (χ3n) is 6.09. The number of hydrogen-bond donors (Lipinski definition) is 5. The van der Waals surface area contributed by atoms with Crippen LogP contribution in [0, 0.1) is 0 Å². The minimum Gasteiger partial charge on any atom is -0.504 e. The summed E-state index contributed by atoms with van der Waals surface area (Å²) < 4.78 is 1.82. The standard InChI is InChI=1S/C25H22N6O7S2/c26-25-27-15(12-40-25)18(29-38-10-13-4-5-16(32)17(33)8-13)21(34)28-19-22(35)31-20(24(36)37)14(11-39-23(19)31)9-30-6-2-1-3-7-30/h1-8,12,19,23H,9-11H2,(H5-,26,27,28,29,32,33,34,36,37)/p+1/t19?,23-/m0/s1. The molecule has 1 saturated heterocycles. The number of pyridine rings is 1. The van der Waals surface area contributed by atoms with Crippen LogP contribution in [0.3, 0.4) is 0 Å². The number of anilines is 1. The number of aromatic nitrogens is 2. The number of aromatic hydroxyl groups is 2. The Kier molecular flexibility index (Phi) is 7.57. The van der Waals surface area contributed by atoms with Gasteiger partial charge < -0.3 is 31.2 Å². The summed E-state index contributed by atoms with van der Waals surface area (Å²) in [6.45, 7) is 0.162. The number of phenolic OH excluding ortho intramolecular Hbond substituents is 2. The second-order valence-electron chi connectivity index (χ2n) is 8.77. The fourth-order valence-corrected chi connectivity index (χ4v) is 6.09. The number of nitrogens with one attached hydrogen (secondary N) is 1. The number of phenols is 2. The maximum absolute atomic E-state index is 13.3. The van der Waals surface area contributed by atoms with Crippen molar-refractivity contribution in [3.8, 4) is 11.5 Å². The zero-order valence-electron chi connectivity index (χ0n) is 20.6. The number of rotatable bonds is 9. The zero-order valence-corrected chi connectivity index (χ0v) is 22.3. The second-order valence-corrected chi connectivity index (χ2v) is 10.8. The van der Waals surface area contributed by atoms with Crippen molar-refractivity contribution >= 4 is 51.7 Å². The lowest BCUT2D eigenvalue weighted by molar-refractivity contribution is -0.689. The molecular formula is C25H23N6O7S2+. The highest BCUT2D eigenvalue weighted by Gasteiger charge is 2.54. The molecule has 2 aliphatic heterocycles. The van der Waals surface area contributed by atoms with Crippen LogP contribution in [0.4, 0.5) is 5.13 Å². The third kappa shape index (κ3) is 5.41. The maximum Gasteiger partial charge on any atom is 0.352 e. The van der Waals surface area contributed by atoms with E-state index in [9.17, 15) is 29.7 Å². The number of thiazole rings is 1. The molecular weight excluding hydrogens is 560 g/mol. The Labute approximate surface area is 235 Å². The molecule has 1 fully saturated rings. The Bertz CT molecular complexity index is 1540. The van der Waals surface area contributed by atoms with E-state index in [4.69, 9.17) is 10.6 Å². The van der Waals surface area contributed by atoms with Crippen molar-refractivity contribution in [3.63, 3.8) is 0 Å². The quantitative estimate of drug-likeness (QED) is 0.0791. The number of nitrogens with two attached hydrogens (primary N) is 1. The highest BCUT2D eigenvalue weighted by molar-refractivity contribution is 8.00. The van der Waals surface area contributed by atoms with Gasteiger partial charge in [-0.15, -0.1) is 23.1 Å². The van der Waals surface area contributed by atoms with E-state index in [1.165, 1.54) is 40.2 Å². The molecule has 206 valence electrons. The molecule has 0 radical (unpaired) electrons. The minimum atomic E-state index is -1.22. The number of benzene rings is 1. The molecule has 13 nitrogen and oxygen atoms in total. The first kappa shape index (κ1) is 27.0. The molecule has 3 aromatic rings. The summed E-state index contributed by atoms with van der Waals surface area (Å²) in [5.41, 5.74) is 6.58. The Morgan fingerprint density at radius 1 is 1.23 bits per heavy atom. The van der Waals surface area contributed by atoms with E-state index in [-0.39, 0.29) is 40.3 Å². The Balaban J connectivity index is 1.32. The molecule has 2 aromatic heterocycles. The molecule has 1 unspecified atom stereocenters. The first-order valence-electron chi connectivity index (χ1n) is 11.8. The molecule has 0 bridgehead atoms. The number of nitrogen functional groups attached to an aromatic ring is 1. The van der Waals surface area contributed by atoms with Crippen LogP contribution in [-0.2, 0) is 32.4 Å². The van der Waals surface area contributed by atoms with Crippen LogP contribution >= 0.6 is 23.1 Å². The van der Waals surface area contributed by atoms with Crippen molar-refractivity contribution in [1.82, 2.24) is 15.2 Å². The van der Waals surface area contributed by atoms with E-state index >= 15 is 0 Å². The van der Waals surface area contributed by atoms with Crippen molar-refractivity contribution in [3.05, 3.63) is 76.7 Å². The number of fused-ring (bicyclic) bond motifs is 1. The molecule has 0 saturated carbocycles. The number of thioether (sulfide) groups is 1. The first-order chi connectivity index (χ1) is 19.2. The number of amides is 2. The Morgan fingerprint density at radius 2 is 2.00 bits per heavy atom. The van der Waals surface area contributed by atoms with Crippen LogP contribution in [0.2, 0.25) is 0 Å². The van der Waals surface area contributed by atoms with Gasteiger partial charge >= 0.3 is 5.97 Å². The van der Waals surface area contributed by atoms with Crippen molar-refractivity contribution in [2.24, 2.45) is 5.16 Å². The smallest absolute Gasteiger partial charge is 0.352 e. The number of oxime groups is 1. The van der Waals surface area contributed by atoms with Gasteiger partial charge in [0.15, 0.2) is 41.3 Å². The van der Waals surface area contributed by atoms with Crippen LogP contribution in [-0.4, -0.2) is 65.9 Å². The van der Waals surface area contributed by atoms with E-state index in [0.29, 0.717) is 23.4 Å². The minimum absolute atomic E-state index is 0.0859. The fraction of sp³-hybridized carbons (Fsp3) is 0.200. The lowest BCUT2D eigenvalue weighted by atomic mass is 10.0. The second kappa shape index (κ2) is 11.2.